The van der Waals surface area contributed by atoms with Crippen molar-refractivity contribution in [1.29, 1.82) is 0 Å². The molecule has 2 N–H and O–H groups in total. The summed E-state index contributed by atoms with van der Waals surface area (Å²) >= 11 is 0. The zero-order chi connectivity index (χ0) is 21.3. The molecule has 0 saturated carbocycles. The third kappa shape index (κ3) is 4.10. The average molecular weight is 414 g/mol. The van der Waals surface area contributed by atoms with E-state index in [4.69, 9.17) is 0 Å². The Labute approximate surface area is 159 Å². The molecule has 1 amide bonds. The number of benzene rings is 2. The van der Waals surface area contributed by atoms with Gasteiger partial charge in [-0.25, -0.2) is 26.3 Å². The Hall–Kier alpha value is -3.30. The second-order valence-corrected chi connectivity index (χ2v) is 6.12. The van der Waals surface area contributed by atoms with E-state index in [0.717, 1.165) is 18.2 Å². The van der Waals surface area contributed by atoms with Crippen LogP contribution in [0.3, 0.4) is 0 Å². The first-order valence-electron chi connectivity index (χ1n) is 8.20. The van der Waals surface area contributed by atoms with Crippen molar-refractivity contribution in [2.24, 2.45) is 0 Å². The number of H-pyrrole nitrogens is 1. The van der Waals surface area contributed by atoms with Crippen molar-refractivity contribution in [2.45, 2.75) is 19.4 Å². The van der Waals surface area contributed by atoms with E-state index in [1.54, 1.807) is 0 Å². The van der Waals surface area contributed by atoms with Gasteiger partial charge in [0.2, 0.25) is 5.91 Å². The van der Waals surface area contributed by atoms with Crippen LogP contribution in [0.1, 0.15) is 23.1 Å². The van der Waals surface area contributed by atoms with Gasteiger partial charge in [-0.15, -0.1) is 0 Å². The lowest BCUT2D eigenvalue weighted by atomic mass is 10.00. The van der Waals surface area contributed by atoms with Crippen LogP contribution in [0.25, 0.3) is 10.9 Å². The third-order valence-electron chi connectivity index (χ3n) is 4.26. The number of nitrogens with one attached hydrogen (secondary N) is 2. The van der Waals surface area contributed by atoms with Crippen molar-refractivity contribution in [3.63, 3.8) is 0 Å². The highest BCUT2D eigenvalue weighted by Gasteiger charge is 2.25. The van der Waals surface area contributed by atoms with Crippen LogP contribution < -0.4 is 10.9 Å². The molecule has 1 heterocycles. The molecule has 1 aromatic heterocycles. The summed E-state index contributed by atoms with van der Waals surface area (Å²) in [6.45, 7) is -0.399. The van der Waals surface area contributed by atoms with Gasteiger partial charge < -0.3 is 10.3 Å². The van der Waals surface area contributed by atoms with Crippen LogP contribution in [0, 0.1) is 23.3 Å². The molecule has 29 heavy (non-hydrogen) atoms. The van der Waals surface area contributed by atoms with Crippen molar-refractivity contribution < 1.29 is 31.1 Å². The molecule has 3 aromatic rings. The maximum Gasteiger partial charge on any atom is 0.265 e. The monoisotopic (exact) mass is 414 g/mol. The maximum atomic E-state index is 14.1. The largest absolute Gasteiger partial charge is 0.352 e. The normalized spacial score (nSPS) is 11.3. The minimum Gasteiger partial charge on any atom is -0.352 e. The molecule has 4 nitrogen and oxygen atoms in total. The van der Waals surface area contributed by atoms with Crippen LogP contribution in [0.2, 0.25) is 0 Å². The molecule has 3 rings (SSSR count). The van der Waals surface area contributed by atoms with E-state index in [9.17, 15) is 35.9 Å². The Balaban J connectivity index is 1.93. The van der Waals surface area contributed by atoms with Crippen molar-refractivity contribution >= 4 is 16.8 Å². The quantitative estimate of drug-likeness (QED) is 0.623. The summed E-state index contributed by atoms with van der Waals surface area (Å²) in [4.78, 5) is 26.4. The number of carbonyl (C=O) groups excluding carboxylic acids is 1. The topological polar surface area (TPSA) is 62.0 Å². The first-order valence-corrected chi connectivity index (χ1v) is 8.20. The highest BCUT2D eigenvalue weighted by atomic mass is 19.3. The number of aromatic amines is 1. The summed E-state index contributed by atoms with van der Waals surface area (Å²) in [5, 5.41) is 1.38. The highest BCUT2D eigenvalue weighted by Crippen LogP contribution is 2.31. The number of carbonyl (C=O) groups is 1. The summed E-state index contributed by atoms with van der Waals surface area (Å²) in [6, 6.07) is 4.25. The SMILES string of the molecule is O=C(Cc1c(C(F)F)c2c(F)c(F)ccc2[nH]c1=O)NCc1ccc(F)cc1F. The lowest BCUT2D eigenvalue weighted by Crippen LogP contribution is -2.29. The van der Waals surface area contributed by atoms with Gasteiger partial charge in [-0.2, -0.15) is 0 Å². The number of fused-ring (bicyclic) bond motifs is 1. The summed E-state index contributed by atoms with van der Waals surface area (Å²) < 4.78 is 81.3. The fraction of sp³-hybridized carbons (Fsp3) is 0.158. The fourth-order valence-corrected chi connectivity index (χ4v) is 2.89. The molecule has 0 saturated heterocycles. The van der Waals surface area contributed by atoms with Crippen LogP contribution >= 0.6 is 0 Å². The van der Waals surface area contributed by atoms with Crippen molar-refractivity contribution in [3.8, 4) is 0 Å². The molecule has 0 radical (unpaired) electrons. The van der Waals surface area contributed by atoms with Crippen molar-refractivity contribution in [3.05, 3.63) is 80.6 Å². The van der Waals surface area contributed by atoms with E-state index < -0.39 is 70.6 Å². The van der Waals surface area contributed by atoms with Crippen LogP contribution in [0.15, 0.2) is 35.1 Å². The second-order valence-electron chi connectivity index (χ2n) is 6.12. The minimum absolute atomic E-state index is 0.0747. The molecule has 0 bridgehead atoms. The molecule has 0 aliphatic carbocycles. The molecule has 0 unspecified atom stereocenters. The van der Waals surface area contributed by atoms with E-state index in [0.29, 0.717) is 12.1 Å². The summed E-state index contributed by atoms with van der Waals surface area (Å²) in [7, 11) is 0. The molecular weight excluding hydrogens is 402 g/mol. The molecule has 2 aromatic carbocycles. The van der Waals surface area contributed by atoms with E-state index in [2.05, 4.69) is 10.3 Å². The highest BCUT2D eigenvalue weighted by molar-refractivity contribution is 5.86. The Bertz CT molecular complexity index is 1160. The lowest BCUT2D eigenvalue weighted by molar-refractivity contribution is -0.120. The number of aromatic nitrogens is 1. The van der Waals surface area contributed by atoms with Crippen LogP contribution in [-0.2, 0) is 17.8 Å². The van der Waals surface area contributed by atoms with Gasteiger partial charge >= 0.3 is 0 Å². The molecule has 0 aliphatic heterocycles. The Morgan fingerprint density at radius 1 is 1.03 bits per heavy atom. The van der Waals surface area contributed by atoms with Gasteiger partial charge in [-0.3, -0.25) is 9.59 Å². The maximum absolute atomic E-state index is 14.1. The average Bonchev–Trinajstić information content (AvgIpc) is 2.65. The lowest BCUT2D eigenvalue weighted by Gasteiger charge is -2.13. The minimum atomic E-state index is -3.37. The summed E-state index contributed by atoms with van der Waals surface area (Å²) in [6.07, 6.45) is -4.25. The molecule has 10 heteroatoms. The number of alkyl halides is 2. The van der Waals surface area contributed by atoms with Gasteiger partial charge in [0, 0.05) is 34.7 Å². The number of halogens is 6. The molecule has 0 aliphatic rings. The predicted molar refractivity (Wildman–Crippen MR) is 91.4 cm³/mol. The van der Waals surface area contributed by atoms with Gasteiger partial charge in [0.25, 0.3) is 12.0 Å². The standard InChI is InChI=1S/C19H12F6N2O2/c20-9-2-1-8(12(22)5-9)7-26-14(28)6-10-15(18(24)25)16-13(27-19(10)29)4-3-11(21)17(16)23/h1-5,18H,6-7H2,(H,26,28)(H,27,29). The number of amides is 1. The Morgan fingerprint density at radius 2 is 1.76 bits per heavy atom. The van der Waals surface area contributed by atoms with Gasteiger partial charge in [-0.1, -0.05) is 6.07 Å². The molecule has 0 fully saturated rings. The predicted octanol–water partition coefficient (Wildman–Crippen LogP) is 3.88. The van der Waals surface area contributed by atoms with Gasteiger partial charge in [-0.05, 0) is 18.2 Å². The molecule has 0 spiro atoms. The zero-order valence-electron chi connectivity index (χ0n) is 14.5. The first-order chi connectivity index (χ1) is 13.7. The molecular formula is C19H12F6N2O2. The summed E-state index contributed by atoms with van der Waals surface area (Å²) in [5.74, 6) is -5.68. The van der Waals surface area contributed by atoms with Crippen molar-refractivity contribution in [1.82, 2.24) is 10.3 Å². The Morgan fingerprint density at radius 3 is 2.41 bits per heavy atom. The molecule has 152 valence electrons. The smallest absolute Gasteiger partial charge is 0.265 e. The number of rotatable bonds is 5. The zero-order valence-corrected chi connectivity index (χ0v) is 14.5. The van der Waals surface area contributed by atoms with Gasteiger partial charge in [0.05, 0.1) is 11.9 Å². The second kappa shape index (κ2) is 7.98. The first kappa shape index (κ1) is 20.4. The van der Waals surface area contributed by atoms with E-state index >= 15 is 0 Å². The van der Waals surface area contributed by atoms with E-state index in [1.165, 1.54) is 0 Å². The van der Waals surface area contributed by atoms with Crippen LogP contribution in [-0.4, -0.2) is 10.9 Å². The summed E-state index contributed by atoms with van der Waals surface area (Å²) in [5.41, 5.74) is -3.32. The van der Waals surface area contributed by atoms with Crippen LogP contribution in [0.4, 0.5) is 26.3 Å². The molecule has 0 atom stereocenters. The number of hydrogen-bond donors (Lipinski definition) is 2. The fourth-order valence-electron chi connectivity index (χ4n) is 2.89. The van der Waals surface area contributed by atoms with Crippen molar-refractivity contribution in [2.75, 3.05) is 0 Å². The van der Waals surface area contributed by atoms with Gasteiger partial charge in [0.1, 0.15) is 11.6 Å². The van der Waals surface area contributed by atoms with E-state index in [-0.39, 0.29) is 11.1 Å². The third-order valence-corrected chi connectivity index (χ3v) is 4.26. The van der Waals surface area contributed by atoms with Gasteiger partial charge in [0.15, 0.2) is 11.6 Å². The number of hydrogen-bond acceptors (Lipinski definition) is 2. The van der Waals surface area contributed by atoms with E-state index in [1.807, 2.05) is 0 Å². The van der Waals surface area contributed by atoms with Crippen LogP contribution in [0.5, 0.6) is 0 Å². The Kier molecular flexibility index (Phi) is 5.62. The number of pyridine rings is 1.